The molecule has 114 valence electrons. The van der Waals surface area contributed by atoms with Gasteiger partial charge in [0, 0.05) is 11.3 Å². The van der Waals surface area contributed by atoms with E-state index in [-0.39, 0.29) is 21.7 Å². The summed E-state index contributed by atoms with van der Waals surface area (Å²) in [7, 11) is -3.85. The Morgan fingerprint density at radius 2 is 1.86 bits per heavy atom. The molecule has 0 unspecified atom stereocenters. The van der Waals surface area contributed by atoms with Gasteiger partial charge in [0.15, 0.2) is 0 Å². The maximum atomic E-state index is 12.3. The van der Waals surface area contributed by atoms with Gasteiger partial charge in [-0.25, -0.2) is 0 Å². The van der Waals surface area contributed by atoms with Crippen LogP contribution in [0.4, 0.5) is 0 Å². The van der Waals surface area contributed by atoms with Crippen molar-refractivity contribution in [2.45, 2.75) is 43.2 Å². The minimum atomic E-state index is -3.85. The van der Waals surface area contributed by atoms with Gasteiger partial charge in [0.2, 0.25) is 6.04 Å². The number of benzene rings is 1. The van der Waals surface area contributed by atoms with Crippen molar-refractivity contribution >= 4 is 10.1 Å². The van der Waals surface area contributed by atoms with Crippen LogP contribution in [-0.2, 0) is 14.3 Å². The maximum absolute atomic E-state index is 12.3. The highest BCUT2D eigenvalue weighted by Crippen LogP contribution is 2.47. The summed E-state index contributed by atoms with van der Waals surface area (Å²) in [5.74, 6) is -0.0751. The van der Waals surface area contributed by atoms with Crippen LogP contribution in [0.1, 0.15) is 24.8 Å². The first-order valence-electron chi connectivity index (χ1n) is 7.00. The van der Waals surface area contributed by atoms with E-state index in [0.717, 1.165) is 5.56 Å². The van der Waals surface area contributed by atoms with E-state index in [4.69, 9.17) is 4.18 Å². The van der Waals surface area contributed by atoms with E-state index in [9.17, 15) is 18.5 Å². The van der Waals surface area contributed by atoms with E-state index in [1.165, 1.54) is 12.1 Å². The van der Waals surface area contributed by atoms with Gasteiger partial charge in [-0.2, -0.15) is 8.42 Å². The predicted molar refractivity (Wildman–Crippen MR) is 74.9 cm³/mol. The maximum Gasteiger partial charge on any atom is 0.297 e. The van der Waals surface area contributed by atoms with Crippen molar-refractivity contribution < 1.29 is 17.5 Å². The number of nitrogens with zero attached hydrogens (tertiary/aromatic N) is 1. The second kappa shape index (κ2) is 5.06. The first-order valence-corrected chi connectivity index (χ1v) is 8.41. The molecule has 7 heteroatoms. The molecular formula is C14H17NO5S. The summed E-state index contributed by atoms with van der Waals surface area (Å²) in [6.45, 7) is 1.87. The monoisotopic (exact) mass is 311 g/mol. The molecule has 0 aliphatic heterocycles. The molecule has 2 aliphatic rings. The van der Waals surface area contributed by atoms with Gasteiger partial charge in [-0.05, 0) is 37.8 Å². The lowest BCUT2D eigenvalue weighted by Crippen LogP contribution is -2.37. The van der Waals surface area contributed by atoms with E-state index in [1.54, 1.807) is 12.1 Å². The lowest BCUT2D eigenvalue weighted by Gasteiger charge is -2.24. The number of aryl methyl sites for hydroxylation is 1. The van der Waals surface area contributed by atoms with E-state index in [2.05, 4.69) is 0 Å². The topological polar surface area (TPSA) is 86.5 Å². The second-order valence-electron chi connectivity index (χ2n) is 5.99. The normalized spacial score (nSPS) is 31.5. The first kappa shape index (κ1) is 14.5. The summed E-state index contributed by atoms with van der Waals surface area (Å²) >= 11 is 0. The average Bonchev–Trinajstić information content (AvgIpc) is 2.98. The number of fused-ring (bicyclic) bond motifs is 2. The van der Waals surface area contributed by atoms with Crippen LogP contribution in [0, 0.1) is 28.9 Å². The molecule has 0 heterocycles. The molecule has 6 nitrogen and oxygen atoms in total. The summed E-state index contributed by atoms with van der Waals surface area (Å²) < 4.78 is 29.8. The number of rotatable bonds is 4. The van der Waals surface area contributed by atoms with Gasteiger partial charge >= 0.3 is 0 Å². The van der Waals surface area contributed by atoms with Gasteiger partial charge < -0.3 is 0 Å². The van der Waals surface area contributed by atoms with Crippen molar-refractivity contribution in [2.24, 2.45) is 11.8 Å². The molecule has 0 aromatic heterocycles. The van der Waals surface area contributed by atoms with Gasteiger partial charge in [-0.1, -0.05) is 17.7 Å². The van der Waals surface area contributed by atoms with Crippen LogP contribution in [0.3, 0.4) is 0 Å². The van der Waals surface area contributed by atoms with Crippen molar-refractivity contribution in [3.63, 3.8) is 0 Å². The Bertz CT molecular complexity index is 654. The Morgan fingerprint density at radius 3 is 2.43 bits per heavy atom. The number of nitro groups is 1. The molecule has 0 spiro atoms. The quantitative estimate of drug-likeness (QED) is 0.483. The SMILES string of the molecule is Cc1ccc(S(=O)(=O)O[C@H]2C[C@H]3C[C@H]2[C@@H]([N+](=O)[O-])C3)cc1. The molecule has 1 aromatic rings. The Balaban J connectivity index is 1.77. The highest BCUT2D eigenvalue weighted by atomic mass is 32.2. The third kappa shape index (κ3) is 2.67. The zero-order valence-electron chi connectivity index (χ0n) is 11.6. The van der Waals surface area contributed by atoms with Crippen LogP contribution in [0.15, 0.2) is 29.2 Å². The van der Waals surface area contributed by atoms with Crippen molar-refractivity contribution in [1.82, 2.24) is 0 Å². The summed E-state index contributed by atoms with van der Waals surface area (Å²) in [6.07, 6.45) is 1.27. The van der Waals surface area contributed by atoms with Gasteiger partial charge in [0.05, 0.1) is 16.9 Å². The van der Waals surface area contributed by atoms with Crippen molar-refractivity contribution in [3.8, 4) is 0 Å². The molecule has 0 N–H and O–H groups in total. The fourth-order valence-electron chi connectivity index (χ4n) is 3.53. The highest BCUT2D eigenvalue weighted by Gasteiger charge is 2.54. The molecule has 0 saturated heterocycles. The van der Waals surface area contributed by atoms with Gasteiger partial charge in [-0.3, -0.25) is 14.3 Å². The molecule has 4 atom stereocenters. The molecule has 0 amide bonds. The summed E-state index contributed by atoms with van der Waals surface area (Å²) in [5.41, 5.74) is 0.960. The highest BCUT2D eigenvalue weighted by molar-refractivity contribution is 7.86. The third-order valence-electron chi connectivity index (χ3n) is 4.55. The van der Waals surface area contributed by atoms with Crippen molar-refractivity contribution in [2.75, 3.05) is 0 Å². The van der Waals surface area contributed by atoms with Crippen LogP contribution in [0.2, 0.25) is 0 Å². The zero-order chi connectivity index (χ0) is 15.2. The molecule has 3 rings (SSSR count). The summed E-state index contributed by atoms with van der Waals surface area (Å²) in [6, 6.07) is 5.75. The van der Waals surface area contributed by atoms with E-state index < -0.39 is 22.3 Å². The molecule has 21 heavy (non-hydrogen) atoms. The van der Waals surface area contributed by atoms with Crippen molar-refractivity contribution in [1.29, 1.82) is 0 Å². The lowest BCUT2D eigenvalue weighted by atomic mass is 9.93. The average molecular weight is 311 g/mol. The van der Waals surface area contributed by atoms with Gasteiger partial charge in [0.1, 0.15) is 0 Å². The van der Waals surface area contributed by atoms with Gasteiger partial charge in [0.25, 0.3) is 10.1 Å². The second-order valence-corrected chi connectivity index (χ2v) is 7.56. The molecule has 2 fully saturated rings. The minimum absolute atomic E-state index is 0.105. The molecule has 2 aliphatic carbocycles. The standard InChI is InChI=1S/C14H17NO5S/c1-9-2-4-11(5-3-9)21(18,19)20-14-8-10-6-12(14)13(7-10)15(16)17/h2-5,10,12-14H,6-8H2,1H3/t10-,12-,13-,14-/m0/s1. The Hall–Kier alpha value is -1.47. The predicted octanol–water partition coefficient (Wildman–Crippen LogP) is 2.14. The van der Waals surface area contributed by atoms with Crippen molar-refractivity contribution in [3.05, 3.63) is 39.9 Å². The van der Waals surface area contributed by atoms with Crippen LogP contribution in [0.25, 0.3) is 0 Å². The van der Waals surface area contributed by atoms with E-state index in [0.29, 0.717) is 19.3 Å². The first-order chi connectivity index (χ1) is 9.87. The number of hydrogen-bond acceptors (Lipinski definition) is 5. The minimum Gasteiger partial charge on any atom is -0.264 e. The number of hydrogen-bond donors (Lipinski definition) is 0. The molecule has 1 aromatic carbocycles. The van der Waals surface area contributed by atoms with Crippen LogP contribution in [-0.4, -0.2) is 25.5 Å². The fraction of sp³-hybridized carbons (Fsp3) is 0.571. The van der Waals surface area contributed by atoms with E-state index >= 15 is 0 Å². The van der Waals surface area contributed by atoms with Crippen LogP contribution in [0.5, 0.6) is 0 Å². The van der Waals surface area contributed by atoms with Crippen LogP contribution < -0.4 is 0 Å². The summed E-state index contributed by atoms with van der Waals surface area (Å²) in [4.78, 5) is 10.8. The Morgan fingerprint density at radius 1 is 1.19 bits per heavy atom. The van der Waals surface area contributed by atoms with Crippen LogP contribution >= 0.6 is 0 Å². The summed E-state index contributed by atoms with van der Waals surface area (Å²) in [5, 5.41) is 11.0. The molecule has 2 bridgehead atoms. The van der Waals surface area contributed by atoms with E-state index in [1.807, 2.05) is 6.92 Å². The molecule has 2 saturated carbocycles. The fourth-order valence-corrected chi connectivity index (χ4v) is 4.65. The molecular weight excluding hydrogens is 294 g/mol. The Kier molecular flexibility index (Phi) is 3.49. The Labute approximate surface area is 123 Å². The lowest BCUT2D eigenvalue weighted by molar-refractivity contribution is -0.532. The smallest absolute Gasteiger partial charge is 0.264 e. The largest absolute Gasteiger partial charge is 0.297 e. The zero-order valence-corrected chi connectivity index (χ0v) is 12.5. The third-order valence-corrected chi connectivity index (χ3v) is 5.90. The molecule has 0 radical (unpaired) electrons. The van der Waals surface area contributed by atoms with Gasteiger partial charge in [-0.15, -0.1) is 0 Å².